The highest BCUT2D eigenvalue weighted by atomic mass is 32.1. The number of amides is 2. The highest BCUT2D eigenvalue weighted by Crippen LogP contribution is 2.38. The molecule has 0 fully saturated rings. The van der Waals surface area contributed by atoms with Gasteiger partial charge in [0.05, 0.1) is 5.56 Å². The normalized spacial score (nSPS) is 11.4. The molecular formula is C20H16F3N7O3S. The molecule has 0 aliphatic rings. The number of carbonyl (C=O) groups excluding carboxylic acids is 1. The number of thiazole rings is 1. The molecule has 2 amide bonds. The Morgan fingerprint density at radius 1 is 1.18 bits per heavy atom. The molecule has 0 aliphatic carbocycles. The van der Waals surface area contributed by atoms with E-state index in [1.165, 1.54) is 24.7 Å². The van der Waals surface area contributed by atoms with E-state index in [4.69, 9.17) is 4.42 Å². The van der Waals surface area contributed by atoms with Crippen LogP contribution in [0.25, 0.3) is 33.2 Å². The molecule has 0 saturated heterocycles. The lowest BCUT2D eigenvalue weighted by molar-refractivity contribution is -0.140. The summed E-state index contributed by atoms with van der Waals surface area (Å²) in [6.07, 6.45) is 0.385. The molecule has 14 heteroatoms. The van der Waals surface area contributed by atoms with Crippen molar-refractivity contribution >= 4 is 23.2 Å². The Labute approximate surface area is 193 Å². The highest BCUT2D eigenvalue weighted by Gasteiger charge is 2.34. The van der Waals surface area contributed by atoms with E-state index in [0.717, 1.165) is 23.1 Å². The van der Waals surface area contributed by atoms with Crippen molar-refractivity contribution in [3.05, 3.63) is 52.3 Å². The van der Waals surface area contributed by atoms with Crippen LogP contribution >= 0.6 is 11.3 Å². The van der Waals surface area contributed by atoms with Gasteiger partial charge >= 0.3 is 18.0 Å². The number of carbonyl (C=O) groups is 1. The van der Waals surface area contributed by atoms with Crippen LogP contribution in [-0.4, -0.2) is 37.7 Å². The van der Waals surface area contributed by atoms with Crippen LogP contribution in [-0.2, 0) is 6.18 Å². The fraction of sp³-hybridized carbons (Fsp3) is 0.200. The van der Waals surface area contributed by atoms with Crippen LogP contribution in [0.4, 0.5) is 23.8 Å². The lowest BCUT2D eigenvalue weighted by Gasteiger charge is -2.11. The van der Waals surface area contributed by atoms with E-state index < -0.39 is 23.7 Å². The monoisotopic (exact) mass is 491 g/mol. The first-order valence-electron chi connectivity index (χ1n) is 9.84. The van der Waals surface area contributed by atoms with Gasteiger partial charge in [-0.25, -0.2) is 24.7 Å². The number of halogens is 3. The Balaban J connectivity index is 1.78. The Bertz CT molecular complexity index is 1380. The summed E-state index contributed by atoms with van der Waals surface area (Å²) in [5.41, 5.74) is 0.476. The van der Waals surface area contributed by atoms with Gasteiger partial charge in [-0.2, -0.15) is 13.2 Å². The first-order valence-corrected chi connectivity index (χ1v) is 10.7. The third-order valence-corrected chi connectivity index (χ3v) is 5.32. The molecule has 0 saturated carbocycles. The van der Waals surface area contributed by atoms with E-state index in [0.29, 0.717) is 28.8 Å². The zero-order chi connectivity index (χ0) is 24.3. The van der Waals surface area contributed by atoms with Crippen molar-refractivity contribution in [2.24, 2.45) is 0 Å². The van der Waals surface area contributed by atoms with Crippen molar-refractivity contribution < 1.29 is 22.4 Å². The Morgan fingerprint density at radius 3 is 2.65 bits per heavy atom. The minimum atomic E-state index is -4.61. The van der Waals surface area contributed by atoms with Crippen LogP contribution in [0.15, 0.2) is 45.3 Å². The molecule has 0 unspecified atom stereocenters. The molecule has 0 radical (unpaired) electrons. The van der Waals surface area contributed by atoms with E-state index in [1.54, 1.807) is 6.07 Å². The predicted molar refractivity (Wildman–Crippen MR) is 117 cm³/mol. The molecule has 34 heavy (non-hydrogen) atoms. The standard InChI is InChI=1S/C20H16F3N7O3S/c1-2-3-25-18(31)28-15-5-12(17-27-14(9-34-17)20(21,22)23)13(8-26-15)10-4-11(7-24-6-10)16-29-30-19(32)33-16/h4-9H,2-3H2,1H3,(H,30,32)(H2,25,26,28,31). The second-order valence-electron chi connectivity index (χ2n) is 6.91. The number of H-pyrrole nitrogens is 1. The zero-order valence-electron chi connectivity index (χ0n) is 17.4. The van der Waals surface area contributed by atoms with Gasteiger partial charge in [-0.15, -0.1) is 16.4 Å². The number of aromatic amines is 1. The van der Waals surface area contributed by atoms with Crippen LogP contribution in [0.5, 0.6) is 0 Å². The van der Waals surface area contributed by atoms with Gasteiger partial charge in [-0.05, 0) is 18.6 Å². The second kappa shape index (κ2) is 9.43. The van der Waals surface area contributed by atoms with Gasteiger partial charge < -0.3 is 9.73 Å². The summed E-state index contributed by atoms with van der Waals surface area (Å²) >= 11 is 0.799. The predicted octanol–water partition coefficient (Wildman–Crippen LogP) is 4.16. The molecule has 0 spiro atoms. The van der Waals surface area contributed by atoms with Gasteiger partial charge in [0.1, 0.15) is 10.8 Å². The molecule has 4 aromatic heterocycles. The van der Waals surface area contributed by atoms with Crippen LogP contribution < -0.4 is 16.4 Å². The topological polar surface area (TPSA) is 139 Å². The average molecular weight is 491 g/mol. The molecule has 176 valence electrons. The number of alkyl halides is 3. The lowest BCUT2D eigenvalue weighted by atomic mass is 10.0. The van der Waals surface area contributed by atoms with Gasteiger partial charge in [0.2, 0.25) is 0 Å². The quantitative estimate of drug-likeness (QED) is 0.368. The largest absolute Gasteiger partial charge is 0.434 e. The third kappa shape index (κ3) is 5.11. The number of hydrogen-bond donors (Lipinski definition) is 3. The first kappa shape index (κ1) is 23.1. The Kier molecular flexibility index (Phi) is 6.40. The highest BCUT2D eigenvalue weighted by molar-refractivity contribution is 7.13. The molecule has 4 aromatic rings. The molecule has 3 N–H and O–H groups in total. The number of hydrogen-bond acceptors (Lipinski definition) is 8. The maximum atomic E-state index is 13.2. The molecule has 0 aromatic carbocycles. The second-order valence-corrected chi connectivity index (χ2v) is 7.77. The lowest BCUT2D eigenvalue weighted by Crippen LogP contribution is -2.29. The molecular weight excluding hydrogens is 475 g/mol. The van der Waals surface area contributed by atoms with Crippen molar-refractivity contribution in [2.75, 3.05) is 11.9 Å². The molecule has 4 heterocycles. The fourth-order valence-electron chi connectivity index (χ4n) is 2.91. The van der Waals surface area contributed by atoms with Gasteiger partial charge in [0.25, 0.3) is 5.89 Å². The Hall–Kier alpha value is -4.07. The summed E-state index contributed by atoms with van der Waals surface area (Å²) in [6.45, 7) is 2.34. The van der Waals surface area contributed by atoms with Crippen molar-refractivity contribution in [1.29, 1.82) is 0 Å². The Morgan fingerprint density at radius 2 is 1.97 bits per heavy atom. The minimum Gasteiger partial charge on any atom is -0.388 e. The number of nitrogens with one attached hydrogen (secondary N) is 3. The van der Waals surface area contributed by atoms with E-state index in [1.807, 2.05) is 6.92 Å². The number of aromatic nitrogens is 5. The first-order chi connectivity index (χ1) is 16.2. The fourth-order valence-corrected chi connectivity index (χ4v) is 3.77. The smallest absolute Gasteiger partial charge is 0.388 e. The maximum Gasteiger partial charge on any atom is 0.434 e. The number of nitrogens with zero attached hydrogens (tertiary/aromatic N) is 4. The van der Waals surface area contributed by atoms with Gasteiger partial charge in [0.15, 0.2) is 5.69 Å². The molecule has 4 rings (SSSR count). The summed E-state index contributed by atoms with van der Waals surface area (Å²) in [4.78, 5) is 35.4. The van der Waals surface area contributed by atoms with E-state index in [2.05, 4.69) is 35.8 Å². The van der Waals surface area contributed by atoms with Crippen LogP contribution in [0, 0.1) is 0 Å². The van der Waals surface area contributed by atoms with Crippen LogP contribution in [0.1, 0.15) is 19.0 Å². The van der Waals surface area contributed by atoms with Crippen LogP contribution in [0.3, 0.4) is 0 Å². The third-order valence-electron chi connectivity index (χ3n) is 4.44. The van der Waals surface area contributed by atoms with E-state index in [-0.39, 0.29) is 16.7 Å². The summed E-state index contributed by atoms with van der Waals surface area (Å²) < 4.78 is 44.4. The number of rotatable bonds is 6. The van der Waals surface area contributed by atoms with Crippen LogP contribution in [0.2, 0.25) is 0 Å². The summed E-state index contributed by atoms with van der Waals surface area (Å²) in [5, 5.41) is 12.1. The van der Waals surface area contributed by atoms with Gasteiger partial charge in [-0.3, -0.25) is 10.3 Å². The SMILES string of the molecule is CCCNC(=O)Nc1cc(-c2nc(C(F)(F)F)cs2)c(-c2cncc(-c3n[nH]c(=O)o3)c2)cn1. The average Bonchev–Trinajstić information content (AvgIpc) is 3.47. The molecule has 0 bridgehead atoms. The summed E-state index contributed by atoms with van der Waals surface area (Å²) in [6, 6.07) is 2.52. The van der Waals surface area contributed by atoms with Gasteiger partial charge in [-0.1, -0.05) is 6.92 Å². The molecule has 0 aliphatic heterocycles. The number of urea groups is 1. The van der Waals surface area contributed by atoms with E-state index >= 15 is 0 Å². The summed E-state index contributed by atoms with van der Waals surface area (Å²) in [7, 11) is 0. The van der Waals surface area contributed by atoms with E-state index in [9.17, 15) is 22.8 Å². The minimum absolute atomic E-state index is 0.00616. The van der Waals surface area contributed by atoms with Crippen molar-refractivity contribution in [2.45, 2.75) is 19.5 Å². The number of anilines is 1. The molecule has 0 atom stereocenters. The number of pyridine rings is 2. The van der Waals surface area contributed by atoms with Crippen molar-refractivity contribution in [1.82, 2.24) is 30.5 Å². The van der Waals surface area contributed by atoms with Gasteiger partial charge in [0, 0.05) is 47.2 Å². The van der Waals surface area contributed by atoms with Crippen molar-refractivity contribution in [3.63, 3.8) is 0 Å². The van der Waals surface area contributed by atoms with Crippen molar-refractivity contribution in [3.8, 4) is 33.2 Å². The molecule has 10 nitrogen and oxygen atoms in total. The maximum absolute atomic E-state index is 13.2. The zero-order valence-corrected chi connectivity index (χ0v) is 18.3. The summed E-state index contributed by atoms with van der Waals surface area (Å²) in [5.74, 6) is -0.631.